The largest absolute Gasteiger partial charge is 0.251 e. The second-order valence-corrected chi connectivity index (χ2v) is 14.5. The van der Waals surface area contributed by atoms with Gasteiger partial charge in [0.25, 0.3) is 6.69 Å². The van der Waals surface area contributed by atoms with Crippen LogP contribution >= 0.6 is 22.2 Å². The van der Waals surface area contributed by atoms with Crippen LogP contribution in [-0.2, 0) is 0 Å². The van der Waals surface area contributed by atoms with Crippen LogP contribution in [0.25, 0.3) is 0 Å². The topological polar surface area (TPSA) is 0 Å². The van der Waals surface area contributed by atoms with Gasteiger partial charge in [-0.15, -0.1) is 22.2 Å². The Hall–Kier alpha value is 0.797. The lowest BCUT2D eigenvalue weighted by Crippen LogP contribution is -2.20. The molecule has 0 aliphatic carbocycles. The van der Waals surface area contributed by atoms with E-state index in [1.807, 2.05) is 0 Å². The molecule has 0 heterocycles. The Morgan fingerprint density at radius 2 is 1.32 bits per heavy atom. The first kappa shape index (κ1) is 19.8. The molecule has 0 fully saturated rings. The Morgan fingerprint density at radius 1 is 0.789 bits per heavy atom. The van der Waals surface area contributed by atoms with E-state index in [9.17, 15) is 0 Å². The van der Waals surface area contributed by atoms with Crippen molar-refractivity contribution >= 4 is 28.9 Å². The molecule has 0 rings (SSSR count). The molecule has 0 saturated carbocycles. The zero-order valence-electron chi connectivity index (χ0n) is 13.6. The van der Waals surface area contributed by atoms with Crippen LogP contribution in [0, 0.1) is 17.8 Å². The summed E-state index contributed by atoms with van der Waals surface area (Å²) in [6, 6.07) is 2.15. The molecular weight excluding hydrogens is 291 g/mol. The lowest BCUT2D eigenvalue weighted by molar-refractivity contribution is 0.448. The first-order chi connectivity index (χ1) is 8.76. The van der Waals surface area contributed by atoms with Crippen molar-refractivity contribution in [3.05, 3.63) is 0 Å². The molecule has 19 heavy (non-hydrogen) atoms. The molecule has 0 radical (unpaired) electrons. The molecule has 0 bridgehead atoms. The third-order valence-electron chi connectivity index (χ3n) is 4.18. The summed E-state index contributed by atoms with van der Waals surface area (Å²) in [6.45, 7) is 9.54. The summed E-state index contributed by atoms with van der Waals surface area (Å²) in [6.07, 6.45) is 7.70. The highest BCUT2D eigenvalue weighted by Gasteiger charge is 2.28. The quantitative estimate of drug-likeness (QED) is 0.278. The minimum Gasteiger partial charge on any atom is -0.146 e. The smallest absolute Gasteiger partial charge is 0.146 e. The lowest BCUT2D eigenvalue weighted by atomic mass is 9.98. The molecule has 0 amide bonds. The van der Waals surface area contributed by atoms with Crippen LogP contribution in [0.5, 0.6) is 0 Å². The molecule has 0 nitrogen and oxygen atoms in total. The summed E-state index contributed by atoms with van der Waals surface area (Å²) in [5, 5.41) is 0. The average molecular weight is 325 g/mol. The van der Waals surface area contributed by atoms with Gasteiger partial charge < -0.3 is 0 Å². The predicted octanol–water partition coefficient (Wildman–Crippen LogP) is 7.19. The van der Waals surface area contributed by atoms with Crippen LogP contribution in [0.2, 0.25) is 12.1 Å². The van der Waals surface area contributed by atoms with Gasteiger partial charge in [-0.2, -0.15) is 0 Å². The van der Waals surface area contributed by atoms with Gasteiger partial charge in [0.05, 0.1) is 0 Å². The third kappa shape index (κ3) is 12.3. The highest BCUT2D eigenvalue weighted by Crippen LogP contribution is 2.33. The average Bonchev–Trinajstić information content (AvgIpc) is 2.33. The van der Waals surface area contributed by atoms with Crippen molar-refractivity contribution in [2.24, 2.45) is 17.8 Å². The van der Waals surface area contributed by atoms with Crippen molar-refractivity contribution in [2.75, 3.05) is 0 Å². The summed E-state index contributed by atoms with van der Waals surface area (Å²) in [4.78, 5) is 0. The van der Waals surface area contributed by atoms with Gasteiger partial charge in [0, 0.05) is 0 Å². The predicted molar refractivity (Wildman–Crippen MR) is 93.6 cm³/mol. The molecule has 0 saturated heterocycles. The maximum atomic E-state index is 6.57. The minimum atomic E-state index is -1.96. The van der Waals surface area contributed by atoms with Gasteiger partial charge in [-0.3, -0.25) is 0 Å². The number of hydrogen-bond donors (Lipinski definition) is 0. The first-order valence-corrected chi connectivity index (χ1v) is 12.6. The second kappa shape index (κ2) is 10.5. The van der Waals surface area contributed by atoms with Crippen LogP contribution in [-0.4, -0.2) is 6.69 Å². The fourth-order valence-corrected chi connectivity index (χ4v) is 5.65. The molecule has 3 heteroatoms. The Labute approximate surface area is 132 Å². The van der Waals surface area contributed by atoms with E-state index in [-0.39, 0.29) is 0 Å². The normalized spacial score (nSPS) is 15.8. The van der Waals surface area contributed by atoms with Crippen molar-refractivity contribution in [3.8, 4) is 0 Å². The molecule has 0 aromatic rings. The summed E-state index contributed by atoms with van der Waals surface area (Å²) in [7, 11) is 0. The molecule has 0 aliphatic heterocycles. The van der Waals surface area contributed by atoms with Crippen molar-refractivity contribution < 1.29 is 0 Å². The Morgan fingerprint density at radius 3 is 1.79 bits per heavy atom. The summed E-state index contributed by atoms with van der Waals surface area (Å²) in [5.74, 6) is 2.39. The summed E-state index contributed by atoms with van der Waals surface area (Å²) in [5.41, 5.74) is 0. The second-order valence-electron chi connectivity index (χ2n) is 6.88. The van der Waals surface area contributed by atoms with Gasteiger partial charge in [-0.05, 0) is 29.8 Å². The van der Waals surface area contributed by atoms with E-state index in [1.54, 1.807) is 0 Å². The van der Waals surface area contributed by atoms with Crippen molar-refractivity contribution in [1.29, 1.82) is 0 Å². The Balaban J connectivity index is 3.76. The number of rotatable bonds is 11. The van der Waals surface area contributed by atoms with Crippen molar-refractivity contribution in [2.45, 2.75) is 85.2 Å². The van der Waals surface area contributed by atoms with Gasteiger partial charge >= 0.3 is 0 Å². The number of hydrogen-bond acceptors (Lipinski definition) is 0. The standard InChI is InChI=1S/C16H34Cl2Si/c1-6-15(4)10-12-19(17,18)13-11-16(5)9-7-8-14(2)3/h14-16H,6-13H2,1-5H3/t15-,16+/m0/s1. The maximum Gasteiger partial charge on any atom is 0.251 e. The van der Waals surface area contributed by atoms with Gasteiger partial charge in [-0.25, -0.2) is 0 Å². The van der Waals surface area contributed by atoms with E-state index in [1.165, 1.54) is 38.5 Å². The van der Waals surface area contributed by atoms with E-state index in [4.69, 9.17) is 22.2 Å². The van der Waals surface area contributed by atoms with Crippen LogP contribution in [0.1, 0.15) is 73.1 Å². The lowest BCUT2D eigenvalue weighted by Gasteiger charge is -2.21. The van der Waals surface area contributed by atoms with E-state index >= 15 is 0 Å². The number of halogens is 2. The summed E-state index contributed by atoms with van der Waals surface area (Å²) < 4.78 is 0. The summed E-state index contributed by atoms with van der Waals surface area (Å²) >= 11 is 13.1. The zero-order valence-corrected chi connectivity index (χ0v) is 16.2. The SMILES string of the molecule is CC[C@H](C)CC[Si](Cl)(Cl)CC[C@H](C)CCCC(C)C. The van der Waals surface area contributed by atoms with E-state index in [2.05, 4.69) is 34.6 Å². The van der Waals surface area contributed by atoms with Crippen molar-refractivity contribution in [3.63, 3.8) is 0 Å². The highest BCUT2D eigenvalue weighted by atomic mass is 35.7. The van der Waals surface area contributed by atoms with Gasteiger partial charge in [0.2, 0.25) is 0 Å². The van der Waals surface area contributed by atoms with Gasteiger partial charge in [0.15, 0.2) is 0 Å². The molecule has 116 valence electrons. The molecule has 0 aromatic carbocycles. The van der Waals surface area contributed by atoms with Gasteiger partial charge in [0.1, 0.15) is 0 Å². The molecule has 2 atom stereocenters. The van der Waals surface area contributed by atoms with Crippen molar-refractivity contribution in [1.82, 2.24) is 0 Å². The Bertz CT molecular complexity index is 217. The molecule has 0 aliphatic rings. The fourth-order valence-electron chi connectivity index (χ4n) is 2.26. The molecule has 0 N–H and O–H groups in total. The third-order valence-corrected chi connectivity index (χ3v) is 8.49. The van der Waals surface area contributed by atoms with E-state index < -0.39 is 6.69 Å². The molecular formula is C16H34Cl2Si. The van der Waals surface area contributed by atoms with E-state index in [0.717, 1.165) is 29.8 Å². The highest BCUT2D eigenvalue weighted by molar-refractivity contribution is 7.45. The van der Waals surface area contributed by atoms with Crippen LogP contribution < -0.4 is 0 Å². The maximum absolute atomic E-state index is 6.57. The monoisotopic (exact) mass is 324 g/mol. The van der Waals surface area contributed by atoms with E-state index in [0.29, 0.717) is 0 Å². The van der Waals surface area contributed by atoms with Gasteiger partial charge in [-0.1, -0.05) is 73.1 Å². The van der Waals surface area contributed by atoms with Crippen LogP contribution in [0.3, 0.4) is 0 Å². The molecule has 0 spiro atoms. The van der Waals surface area contributed by atoms with Crippen LogP contribution in [0.15, 0.2) is 0 Å². The zero-order chi connectivity index (χ0) is 14.9. The first-order valence-electron chi connectivity index (χ1n) is 8.14. The molecule has 0 unspecified atom stereocenters. The molecule has 0 aromatic heterocycles. The Kier molecular flexibility index (Phi) is 11.0. The fraction of sp³-hybridized carbons (Fsp3) is 1.00. The minimum absolute atomic E-state index is 0.771. The van der Waals surface area contributed by atoms with Crippen LogP contribution in [0.4, 0.5) is 0 Å².